The Morgan fingerprint density at radius 3 is 2.82 bits per heavy atom. The normalized spacial score (nSPS) is 10.3. The van der Waals surface area contributed by atoms with Gasteiger partial charge in [0.2, 0.25) is 5.95 Å². The molecule has 0 saturated heterocycles. The van der Waals surface area contributed by atoms with Gasteiger partial charge in [-0.3, -0.25) is 5.01 Å². The van der Waals surface area contributed by atoms with E-state index in [4.69, 9.17) is 17.4 Å². The van der Waals surface area contributed by atoms with E-state index in [0.29, 0.717) is 5.02 Å². The number of aromatic nitrogens is 4. The first kappa shape index (κ1) is 11.5. The van der Waals surface area contributed by atoms with E-state index in [1.165, 1.54) is 19.6 Å². The number of pyridine rings is 1. The van der Waals surface area contributed by atoms with Gasteiger partial charge in [0, 0.05) is 13.2 Å². The molecule has 0 aliphatic rings. The lowest BCUT2D eigenvalue weighted by Crippen LogP contribution is -2.32. The minimum atomic E-state index is -0.548. The molecule has 0 spiro atoms. The highest BCUT2D eigenvalue weighted by atomic mass is 35.5. The van der Waals surface area contributed by atoms with Crippen molar-refractivity contribution < 1.29 is 0 Å². The Morgan fingerprint density at radius 2 is 2.24 bits per heavy atom. The highest BCUT2D eigenvalue weighted by molar-refractivity contribution is 6.32. The summed E-state index contributed by atoms with van der Waals surface area (Å²) < 4.78 is 1.15. The van der Waals surface area contributed by atoms with Crippen molar-refractivity contribution in [3.05, 3.63) is 40.2 Å². The number of hydrogen-bond acceptors (Lipinski definition) is 6. The van der Waals surface area contributed by atoms with E-state index in [9.17, 15) is 4.79 Å². The monoisotopic (exact) mass is 252 g/mol. The molecule has 8 heteroatoms. The molecule has 0 aliphatic carbocycles. The molecule has 0 atom stereocenters. The summed E-state index contributed by atoms with van der Waals surface area (Å²) in [5.41, 5.74) is -0.548. The summed E-state index contributed by atoms with van der Waals surface area (Å²) in [6.07, 6.45) is 2.80. The first-order chi connectivity index (χ1) is 8.09. The molecule has 0 saturated carbocycles. The van der Waals surface area contributed by atoms with Gasteiger partial charge in [-0.1, -0.05) is 11.6 Å². The van der Waals surface area contributed by atoms with E-state index < -0.39 is 5.69 Å². The molecule has 0 amide bonds. The fourth-order valence-corrected chi connectivity index (χ4v) is 1.41. The summed E-state index contributed by atoms with van der Waals surface area (Å²) in [7, 11) is 1.53. The molecule has 2 aromatic heterocycles. The Balaban J connectivity index is 2.55. The molecule has 0 fully saturated rings. The van der Waals surface area contributed by atoms with Crippen molar-refractivity contribution in [1.29, 1.82) is 0 Å². The molecule has 0 aromatic carbocycles. The van der Waals surface area contributed by atoms with Gasteiger partial charge < -0.3 is 0 Å². The lowest BCUT2D eigenvalue weighted by Gasteiger charge is -2.10. The van der Waals surface area contributed by atoms with Crippen LogP contribution in [0, 0.1) is 0 Å². The maximum Gasteiger partial charge on any atom is 0.357 e. The number of halogens is 1. The summed E-state index contributed by atoms with van der Waals surface area (Å²) in [5.74, 6) is 5.83. The minimum Gasteiger partial charge on any atom is -0.282 e. The maximum atomic E-state index is 11.7. The third-order valence-corrected chi connectivity index (χ3v) is 2.27. The summed E-state index contributed by atoms with van der Waals surface area (Å²) >= 11 is 5.92. The largest absolute Gasteiger partial charge is 0.357 e. The van der Waals surface area contributed by atoms with Crippen LogP contribution in [0.1, 0.15) is 0 Å². The molecule has 2 N–H and O–H groups in total. The van der Waals surface area contributed by atoms with Crippen LogP contribution in [0.25, 0.3) is 5.82 Å². The van der Waals surface area contributed by atoms with Crippen molar-refractivity contribution in [3.63, 3.8) is 0 Å². The van der Waals surface area contributed by atoms with Crippen molar-refractivity contribution >= 4 is 17.5 Å². The average molecular weight is 253 g/mol. The number of hydrazine groups is 1. The van der Waals surface area contributed by atoms with E-state index >= 15 is 0 Å². The molecule has 2 rings (SSSR count). The molecule has 88 valence electrons. The predicted octanol–water partition coefficient (Wildman–Crippen LogP) is -0.0142. The lowest BCUT2D eigenvalue weighted by atomic mass is 10.4. The highest BCUT2D eigenvalue weighted by Crippen LogP contribution is 2.14. The smallest absolute Gasteiger partial charge is 0.282 e. The molecule has 7 nitrogen and oxygen atoms in total. The van der Waals surface area contributed by atoms with Gasteiger partial charge in [-0.25, -0.2) is 25.2 Å². The summed E-state index contributed by atoms with van der Waals surface area (Å²) in [6.45, 7) is 0. The van der Waals surface area contributed by atoms with E-state index in [1.54, 1.807) is 12.1 Å². The van der Waals surface area contributed by atoms with Gasteiger partial charge >= 0.3 is 5.69 Å². The number of nitrogens with zero attached hydrogens (tertiary/aromatic N) is 5. The molecule has 0 radical (unpaired) electrons. The van der Waals surface area contributed by atoms with Crippen LogP contribution < -0.4 is 16.5 Å². The molecular weight excluding hydrogens is 244 g/mol. The second kappa shape index (κ2) is 4.48. The SMILES string of the molecule is CN(N)c1ncn(-c2ncccc2Cl)c(=O)n1. The molecule has 2 heterocycles. The van der Waals surface area contributed by atoms with Gasteiger partial charge in [-0.05, 0) is 12.1 Å². The molecule has 0 unspecified atom stereocenters. The molecule has 0 bridgehead atoms. The van der Waals surface area contributed by atoms with E-state index in [-0.39, 0.29) is 11.8 Å². The highest BCUT2D eigenvalue weighted by Gasteiger charge is 2.09. The van der Waals surface area contributed by atoms with Crippen molar-refractivity contribution in [3.8, 4) is 5.82 Å². The lowest BCUT2D eigenvalue weighted by molar-refractivity contribution is 0.804. The average Bonchev–Trinajstić information content (AvgIpc) is 2.30. The Morgan fingerprint density at radius 1 is 1.47 bits per heavy atom. The van der Waals surface area contributed by atoms with Crippen LogP contribution >= 0.6 is 11.6 Å². The molecule has 0 aliphatic heterocycles. The summed E-state index contributed by atoms with van der Waals surface area (Å²) in [5, 5.41) is 1.48. The Bertz CT molecular complexity index is 596. The number of nitrogens with two attached hydrogens (primary N) is 1. The quantitative estimate of drug-likeness (QED) is 0.597. The van der Waals surface area contributed by atoms with E-state index in [0.717, 1.165) is 9.58 Å². The Hall–Kier alpha value is -1.99. The summed E-state index contributed by atoms with van der Waals surface area (Å²) in [6, 6.07) is 3.29. The van der Waals surface area contributed by atoms with Crippen molar-refractivity contribution in [2.45, 2.75) is 0 Å². The van der Waals surface area contributed by atoms with Crippen LogP contribution in [-0.2, 0) is 0 Å². The van der Waals surface area contributed by atoms with Crippen molar-refractivity contribution in [1.82, 2.24) is 19.5 Å². The van der Waals surface area contributed by atoms with Gasteiger partial charge in [0.25, 0.3) is 0 Å². The molecule has 2 aromatic rings. The van der Waals surface area contributed by atoms with Crippen molar-refractivity contribution in [2.75, 3.05) is 12.1 Å². The zero-order chi connectivity index (χ0) is 12.4. The Labute approximate surface area is 101 Å². The number of anilines is 1. The number of rotatable bonds is 2. The van der Waals surface area contributed by atoms with E-state index in [1.807, 2.05) is 0 Å². The zero-order valence-electron chi connectivity index (χ0n) is 8.91. The summed E-state index contributed by atoms with van der Waals surface area (Å²) in [4.78, 5) is 23.3. The van der Waals surface area contributed by atoms with Crippen LogP contribution in [-0.4, -0.2) is 26.6 Å². The van der Waals surface area contributed by atoms with Crippen LogP contribution in [0.3, 0.4) is 0 Å². The third kappa shape index (κ3) is 2.24. The standard InChI is InChI=1S/C9H9ClN6O/c1-15(11)8-13-5-16(9(17)14-8)7-6(10)3-2-4-12-7/h2-5H,11H2,1H3. The van der Waals surface area contributed by atoms with Crippen LogP contribution in [0.2, 0.25) is 5.02 Å². The molecule has 17 heavy (non-hydrogen) atoms. The van der Waals surface area contributed by atoms with Crippen LogP contribution in [0.4, 0.5) is 5.95 Å². The number of hydrogen-bond donors (Lipinski definition) is 1. The van der Waals surface area contributed by atoms with Gasteiger partial charge in [0.05, 0.1) is 5.02 Å². The Kier molecular flexibility index (Phi) is 3.03. The second-order valence-electron chi connectivity index (χ2n) is 3.23. The van der Waals surface area contributed by atoms with Crippen LogP contribution in [0.15, 0.2) is 29.5 Å². The first-order valence-electron chi connectivity index (χ1n) is 4.64. The first-order valence-corrected chi connectivity index (χ1v) is 5.02. The van der Waals surface area contributed by atoms with Gasteiger partial charge in [0.1, 0.15) is 6.33 Å². The topological polar surface area (TPSA) is 89.9 Å². The van der Waals surface area contributed by atoms with Crippen LogP contribution in [0.5, 0.6) is 0 Å². The third-order valence-electron chi connectivity index (χ3n) is 1.97. The second-order valence-corrected chi connectivity index (χ2v) is 3.64. The molecular formula is C9H9ClN6O. The van der Waals surface area contributed by atoms with E-state index in [2.05, 4.69) is 15.0 Å². The maximum absolute atomic E-state index is 11.7. The van der Waals surface area contributed by atoms with Crippen molar-refractivity contribution in [2.24, 2.45) is 5.84 Å². The van der Waals surface area contributed by atoms with Gasteiger partial charge in [-0.2, -0.15) is 4.98 Å². The predicted molar refractivity (Wildman–Crippen MR) is 63.0 cm³/mol. The zero-order valence-corrected chi connectivity index (χ0v) is 9.66. The minimum absolute atomic E-state index is 0.123. The fraction of sp³-hybridized carbons (Fsp3) is 0.111. The fourth-order valence-electron chi connectivity index (χ4n) is 1.20. The van der Waals surface area contributed by atoms with Gasteiger partial charge in [-0.15, -0.1) is 0 Å². The van der Waals surface area contributed by atoms with Gasteiger partial charge in [0.15, 0.2) is 5.82 Å².